The van der Waals surface area contributed by atoms with E-state index in [1.165, 1.54) is 6.92 Å². The zero-order valence-corrected chi connectivity index (χ0v) is 35.5. The summed E-state index contributed by atoms with van der Waals surface area (Å²) in [5.41, 5.74) is 9.59. The molecule has 18 heteroatoms. The van der Waals surface area contributed by atoms with Crippen molar-refractivity contribution in [3.05, 3.63) is 101 Å². The highest BCUT2D eigenvalue weighted by atomic mass is 16.5. The van der Waals surface area contributed by atoms with Gasteiger partial charge < -0.3 is 52.0 Å². The van der Waals surface area contributed by atoms with Gasteiger partial charge in [0.1, 0.15) is 30.2 Å². The summed E-state index contributed by atoms with van der Waals surface area (Å²) >= 11 is 0. The number of aryl methyl sites for hydroxylation is 2. The van der Waals surface area contributed by atoms with Gasteiger partial charge in [0.15, 0.2) is 12.4 Å². The number of carbonyl (C=O) groups is 8. The SMILES string of the molecule is Cc1cccc(C)c1C(=O)OCC(=O)[C@H](CC(=O)O)NC(=O)[C@H](CCCN)NC(=O)[C@@H](NC(=O)[C@H](CCCC(=O)O)NC(=O)[C@@H]1Cc2ccccc2N1)C(C)OCc1ccccc1. The Morgan fingerprint density at radius 1 is 0.746 bits per heavy atom. The van der Waals surface area contributed by atoms with E-state index in [2.05, 4.69) is 26.6 Å². The lowest BCUT2D eigenvalue weighted by Crippen LogP contribution is -2.61. The predicted molar refractivity (Wildman–Crippen MR) is 229 cm³/mol. The molecule has 0 saturated carbocycles. The van der Waals surface area contributed by atoms with E-state index in [1.807, 2.05) is 30.3 Å². The van der Waals surface area contributed by atoms with Crippen LogP contribution in [0, 0.1) is 13.8 Å². The van der Waals surface area contributed by atoms with E-state index in [1.54, 1.807) is 56.3 Å². The number of carboxylic acid groups (broad SMARTS) is 2. The molecule has 63 heavy (non-hydrogen) atoms. The molecule has 0 bridgehead atoms. The number of nitrogens with one attached hydrogen (secondary N) is 5. The van der Waals surface area contributed by atoms with Crippen molar-refractivity contribution in [2.75, 3.05) is 18.5 Å². The molecule has 4 amide bonds. The summed E-state index contributed by atoms with van der Waals surface area (Å²) in [6.07, 6.45) is -1.88. The highest BCUT2D eigenvalue weighted by Gasteiger charge is 2.36. The maximum absolute atomic E-state index is 14.2. The first-order valence-corrected chi connectivity index (χ1v) is 20.7. The zero-order chi connectivity index (χ0) is 46.1. The fourth-order valence-corrected chi connectivity index (χ4v) is 6.99. The number of benzene rings is 3. The summed E-state index contributed by atoms with van der Waals surface area (Å²) < 4.78 is 11.3. The number of para-hydroxylation sites is 1. The van der Waals surface area contributed by atoms with Gasteiger partial charge in [0.2, 0.25) is 23.6 Å². The third-order valence-electron chi connectivity index (χ3n) is 10.5. The van der Waals surface area contributed by atoms with Crippen LogP contribution < -0.4 is 32.3 Å². The molecule has 0 aromatic heterocycles. The number of fused-ring (bicyclic) bond motifs is 1. The van der Waals surface area contributed by atoms with Gasteiger partial charge in [0.25, 0.3) is 0 Å². The average molecular weight is 873 g/mol. The second-order valence-electron chi connectivity index (χ2n) is 15.4. The first kappa shape index (κ1) is 49.0. The third-order valence-corrected chi connectivity index (χ3v) is 10.5. The van der Waals surface area contributed by atoms with E-state index in [0.717, 1.165) is 16.8 Å². The molecule has 0 aliphatic carbocycles. The fourth-order valence-electron chi connectivity index (χ4n) is 6.99. The van der Waals surface area contributed by atoms with Gasteiger partial charge in [0, 0.05) is 18.5 Å². The van der Waals surface area contributed by atoms with Crippen molar-refractivity contribution in [2.24, 2.45) is 5.73 Å². The highest BCUT2D eigenvalue weighted by Crippen LogP contribution is 2.25. The van der Waals surface area contributed by atoms with Crippen LogP contribution >= 0.6 is 0 Å². The van der Waals surface area contributed by atoms with Crippen LogP contribution in [-0.2, 0) is 56.1 Å². The van der Waals surface area contributed by atoms with Gasteiger partial charge in [-0.3, -0.25) is 33.6 Å². The van der Waals surface area contributed by atoms with E-state index in [0.29, 0.717) is 17.5 Å². The topological polar surface area (TPSA) is 282 Å². The van der Waals surface area contributed by atoms with Crippen LogP contribution in [0.4, 0.5) is 5.69 Å². The molecular formula is C45H56N6O12. The van der Waals surface area contributed by atoms with Crippen LogP contribution in [0.1, 0.15) is 78.1 Å². The van der Waals surface area contributed by atoms with Crippen molar-refractivity contribution in [2.45, 2.75) is 109 Å². The molecule has 18 nitrogen and oxygen atoms in total. The molecule has 6 atom stereocenters. The number of hydrogen-bond acceptors (Lipinski definition) is 12. The van der Waals surface area contributed by atoms with Crippen LogP contribution in [0.3, 0.4) is 0 Å². The zero-order valence-electron chi connectivity index (χ0n) is 35.5. The molecule has 1 aliphatic rings. The van der Waals surface area contributed by atoms with E-state index in [9.17, 15) is 48.6 Å². The number of hydrogen-bond donors (Lipinski definition) is 8. The summed E-state index contributed by atoms with van der Waals surface area (Å²) in [5.74, 6) is -7.50. The summed E-state index contributed by atoms with van der Waals surface area (Å²) in [6, 6.07) is 14.8. The molecule has 0 spiro atoms. The number of amides is 4. The van der Waals surface area contributed by atoms with Crippen molar-refractivity contribution in [3.8, 4) is 0 Å². The largest absolute Gasteiger partial charge is 0.481 e. The van der Waals surface area contributed by atoms with E-state index >= 15 is 0 Å². The molecular weight excluding hydrogens is 817 g/mol. The van der Waals surface area contributed by atoms with Crippen molar-refractivity contribution < 1.29 is 58.0 Å². The van der Waals surface area contributed by atoms with Gasteiger partial charge in [-0.05, 0) is 81.3 Å². The Balaban J connectivity index is 1.54. The first-order valence-electron chi connectivity index (χ1n) is 20.7. The molecule has 1 heterocycles. The van der Waals surface area contributed by atoms with Gasteiger partial charge in [0.05, 0.1) is 24.7 Å². The van der Waals surface area contributed by atoms with Gasteiger partial charge in [-0.15, -0.1) is 0 Å². The Kier molecular flexibility index (Phi) is 18.7. The molecule has 9 N–H and O–H groups in total. The fraction of sp³-hybridized carbons (Fsp3) is 0.422. The molecule has 0 radical (unpaired) electrons. The lowest BCUT2D eigenvalue weighted by Gasteiger charge is -2.29. The molecule has 3 aromatic rings. The molecule has 0 saturated heterocycles. The minimum atomic E-state index is -1.67. The predicted octanol–water partition coefficient (Wildman–Crippen LogP) is 2.08. The molecule has 338 valence electrons. The summed E-state index contributed by atoms with van der Waals surface area (Å²) in [6.45, 7) is 4.13. The Morgan fingerprint density at radius 3 is 2.02 bits per heavy atom. The number of carboxylic acids is 2. The quantitative estimate of drug-likeness (QED) is 0.0567. The Bertz CT molecular complexity index is 2070. The number of rotatable bonds is 25. The Morgan fingerprint density at radius 2 is 1.37 bits per heavy atom. The van der Waals surface area contributed by atoms with E-state index < -0.39 is 96.7 Å². The third kappa shape index (κ3) is 15.0. The lowest BCUT2D eigenvalue weighted by atomic mass is 10.0. The minimum Gasteiger partial charge on any atom is -0.481 e. The minimum absolute atomic E-state index is 0.00520. The van der Waals surface area contributed by atoms with Crippen molar-refractivity contribution in [1.82, 2.24) is 21.3 Å². The van der Waals surface area contributed by atoms with Crippen LogP contribution in [-0.4, -0.2) is 107 Å². The number of ketones is 1. The maximum Gasteiger partial charge on any atom is 0.339 e. The second-order valence-corrected chi connectivity index (χ2v) is 15.4. The molecule has 1 unspecified atom stereocenters. The Hall–Kier alpha value is -6.66. The number of carbonyl (C=O) groups excluding carboxylic acids is 6. The number of Topliss-reactive ketones (excluding diaryl/α,β-unsaturated/α-hetero) is 1. The van der Waals surface area contributed by atoms with Crippen LogP contribution in [0.5, 0.6) is 0 Å². The standard InChI is InChI=1S/C45H56N6O12/c1-26-12-9-13-27(2)39(26)45(61)63-25-36(52)34(23-38(55)56)50-41(57)33(19-11-21-46)49-44(60)40(28(3)62-24-29-14-5-4-6-15-29)51-42(58)32(18-10-20-37(53)54)48-43(59)35-22-30-16-7-8-17-31(30)47-35/h4-9,12-17,28,32-35,40,47H,10-11,18-25,46H2,1-3H3,(H,48,59)(H,49,60)(H,50,57)(H,51,58)(H,53,54)(H,55,56)/t28?,32-,33-,34-,35-,40-/m0/s1. The van der Waals surface area contributed by atoms with Crippen molar-refractivity contribution >= 4 is 53.0 Å². The highest BCUT2D eigenvalue weighted by molar-refractivity contribution is 5.99. The normalized spacial score (nSPS) is 15.2. The summed E-state index contributed by atoms with van der Waals surface area (Å²) in [4.78, 5) is 105. The summed E-state index contributed by atoms with van der Waals surface area (Å²) in [7, 11) is 0. The lowest BCUT2D eigenvalue weighted by molar-refractivity contribution is -0.141. The second kappa shape index (κ2) is 24.1. The van der Waals surface area contributed by atoms with Crippen LogP contribution in [0.25, 0.3) is 0 Å². The first-order chi connectivity index (χ1) is 30.1. The van der Waals surface area contributed by atoms with Gasteiger partial charge >= 0.3 is 17.9 Å². The van der Waals surface area contributed by atoms with E-state index in [-0.39, 0.29) is 50.8 Å². The van der Waals surface area contributed by atoms with Crippen molar-refractivity contribution in [3.63, 3.8) is 0 Å². The average Bonchev–Trinajstić information content (AvgIpc) is 3.69. The van der Waals surface area contributed by atoms with E-state index in [4.69, 9.17) is 15.2 Å². The summed E-state index contributed by atoms with van der Waals surface area (Å²) in [5, 5.41) is 32.4. The Labute approximate surface area is 365 Å². The molecule has 3 aromatic carbocycles. The smallest absolute Gasteiger partial charge is 0.339 e. The monoisotopic (exact) mass is 872 g/mol. The molecule has 4 rings (SSSR count). The molecule has 0 fully saturated rings. The number of aliphatic carboxylic acids is 2. The van der Waals surface area contributed by atoms with Crippen LogP contribution in [0.2, 0.25) is 0 Å². The number of nitrogens with two attached hydrogens (primary N) is 1. The van der Waals surface area contributed by atoms with Gasteiger partial charge in [-0.25, -0.2) is 4.79 Å². The number of esters is 1. The van der Waals surface area contributed by atoms with Crippen LogP contribution in [0.15, 0.2) is 72.8 Å². The maximum atomic E-state index is 14.2. The number of anilines is 1. The molecule has 1 aliphatic heterocycles. The van der Waals surface area contributed by atoms with Crippen molar-refractivity contribution in [1.29, 1.82) is 0 Å². The number of ether oxygens (including phenoxy) is 2. The van der Waals surface area contributed by atoms with Gasteiger partial charge in [-0.1, -0.05) is 66.7 Å². The van der Waals surface area contributed by atoms with Gasteiger partial charge in [-0.2, -0.15) is 0 Å².